The molecule has 2 N–H and O–H groups in total. The van der Waals surface area contributed by atoms with E-state index in [0.717, 1.165) is 0 Å². The van der Waals surface area contributed by atoms with Crippen molar-refractivity contribution in [3.05, 3.63) is 111 Å². The van der Waals surface area contributed by atoms with Gasteiger partial charge in [0, 0.05) is 9.50 Å². The van der Waals surface area contributed by atoms with Gasteiger partial charge in [-0.05, 0) is 72.8 Å². The number of anilines is 2. The van der Waals surface area contributed by atoms with E-state index in [1.54, 1.807) is 24.3 Å². The lowest BCUT2D eigenvalue weighted by molar-refractivity contribution is 0.102. The highest BCUT2D eigenvalue weighted by atomic mass is 79.9. The number of carbonyl (C=O) groups is 1. The molecule has 0 radical (unpaired) electrons. The monoisotopic (exact) mass is 608 g/mol. The van der Waals surface area contributed by atoms with Crippen molar-refractivity contribution in [3.63, 3.8) is 0 Å². The first-order chi connectivity index (χ1) is 17.1. The fourth-order valence-electron chi connectivity index (χ4n) is 3.12. The van der Waals surface area contributed by atoms with Crippen molar-refractivity contribution in [2.75, 3.05) is 10.0 Å². The van der Waals surface area contributed by atoms with Gasteiger partial charge >= 0.3 is 0 Å². The third-order valence-corrected chi connectivity index (χ3v) is 7.27. The SMILES string of the molecule is O=C(Nc1cc(Br)ccc1F)c1cc(Cl)ccc1NS(=O)(=O)c1ccc(Oc2ccccc2Cl)cc1. The Morgan fingerprint density at radius 1 is 0.889 bits per heavy atom. The van der Waals surface area contributed by atoms with Crippen LogP contribution >= 0.6 is 39.1 Å². The molecule has 0 saturated heterocycles. The summed E-state index contributed by atoms with van der Waals surface area (Å²) in [5, 5.41) is 3.03. The van der Waals surface area contributed by atoms with Crippen molar-refractivity contribution >= 4 is 66.4 Å². The molecule has 0 unspecified atom stereocenters. The molecule has 4 aromatic carbocycles. The van der Waals surface area contributed by atoms with E-state index in [1.165, 1.54) is 60.7 Å². The van der Waals surface area contributed by atoms with Crippen molar-refractivity contribution in [1.29, 1.82) is 0 Å². The van der Waals surface area contributed by atoms with Crippen LogP contribution in [0.3, 0.4) is 0 Å². The Bertz CT molecular complexity index is 1550. The maximum absolute atomic E-state index is 14.1. The lowest BCUT2D eigenvalue weighted by Crippen LogP contribution is -2.19. The average molecular weight is 610 g/mol. The second-order valence-electron chi connectivity index (χ2n) is 7.38. The minimum atomic E-state index is -4.10. The lowest BCUT2D eigenvalue weighted by atomic mass is 10.1. The van der Waals surface area contributed by atoms with E-state index < -0.39 is 21.7 Å². The van der Waals surface area contributed by atoms with Crippen LogP contribution in [0.25, 0.3) is 0 Å². The molecule has 0 heterocycles. The molecular weight excluding hydrogens is 594 g/mol. The second-order valence-corrected chi connectivity index (χ2v) is 10.8. The van der Waals surface area contributed by atoms with Gasteiger partial charge in [0.1, 0.15) is 17.3 Å². The van der Waals surface area contributed by atoms with Gasteiger partial charge in [0.25, 0.3) is 15.9 Å². The van der Waals surface area contributed by atoms with Crippen LogP contribution in [-0.4, -0.2) is 14.3 Å². The van der Waals surface area contributed by atoms with Crippen molar-refractivity contribution in [2.24, 2.45) is 0 Å². The topological polar surface area (TPSA) is 84.5 Å². The molecule has 4 rings (SSSR count). The molecule has 6 nitrogen and oxygen atoms in total. The highest BCUT2D eigenvalue weighted by Gasteiger charge is 2.20. The summed E-state index contributed by atoms with van der Waals surface area (Å²) in [6.07, 6.45) is 0. The third kappa shape index (κ3) is 6.17. The van der Waals surface area contributed by atoms with Gasteiger partial charge in [-0.1, -0.05) is 51.3 Å². The van der Waals surface area contributed by atoms with E-state index in [9.17, 15) is 17.6 Å². The highest BCUT2D eigenvalue weighted by Crippen LogP contribution is 2.30. The number of hydrogen-bond donors (Lipinski definition) is 2. The van der Waals surface area contributed by atoms with Crippen molar-refractivity contribution in [1.82, 2.24) is 0 Å². The standard InChI is InChI=1S/C25H16BrCl2FN2O4S/c26-15-5-11-21(29)23(13-15)30-25(32)19-14-16(27)6-12-22(19)31-36(33,34)18-9-7-17(8-10-18)35-24-4-2-1-3-20(24)28/h1-14,31H,(H,30,32). The molecule has 0 aliphatic carbocycles. The molecule has 0 aliphatic rings. The number of halogens is 4. The van der Waals surface area contributed by atoms with E-state index in [1.807, 2.05) is 0 Å². The molecule has 0 aromatic heterocycles. The van der Waals surface area contributed by atoms with Crippen molar-refractivity contribution in [3.8, 4) is 11.5 Å². The second kappa shape index (κ2) is 10.9. The number of carbonyl (C=O) groups excluding carboxylic acids is 1. The Morgan fingerprint density at radius 3 is 2.33 bits per heavy atom. The molecule has 1 amide bonds. The summed E-state index contributed by atoms with van der Waals surface area (Å²) in [6, 6.07) is 20.6. The number of ether oxygens (including phenoxy) is 1. The first kappa shape index (κ1) is 26.0. The smallest absolute Gasteiger partial charge is 0.261 e. The van der Waals surface area contributed by atoms with Gasteiger partial charge in [-0.2, -0.15) is 0 Å². The van der Waals surface area contributed by atoms with Crippen LogP contribution in [0.2, 0.25) is 10.0 Å². The summed E-state index contributed by atoms with van der Waals surface area (Å²) in [5.74, 6) is -0.609. The van der Waals surface area contributed by atoms with E-state index in [2.05, 4.69) is 26.0 Å². The largest absolute Gasteiger partial charge is 0.456 e. The molecule has 4 aromatic rings. The number of amides is 1. The van der Waals surface area contributed by atoms with Gasteiger partial charge < -0.3 is 10.1 Å². The Balaban J connectivity index is 1.56. The number of benzene rings is 4. The summed E-state index contributed by atoms with van der Waals surface area (Å²) >= 11 is 15.3. The minimum absolute atomic E-state index is 0.0382. The number of nitrogens with one attached hydrogen (secondary N) is 2. The van der Waals surface area contributed by atoms with Crippen LogP contribution in [-0.2, 0) is 10.0 Å². The quantitative estimate of drug-likeness (QED) is 0.224. The van der Waals surface area contributed by atoms with Gasteiger partial charge in [-0.3, -0.25) is 9.52 Å². The summed E-state index contributed by atoms with van der Waals surface area (Å²) < 4.78 is 48.8. The summed E-state index contributed by atoms with van der Waals surface area (Å²) in [4.78, 5) is 12.8. The summed E-state index contributed by atoms with van der Waals surface area (Å²) in [6.45, 7) is 0. The molecular formula is C25H16BrCl2FN2O4S. The van der Waals surface area contributed by atoms with Gasteiger partial charge in [0.15, 0.2) is 0 Å². The van der Waals surface area contributed by atoms with Crippen LogP contribution in [0.4, 0.5) is 15.8 Å². The number of rotatable bonds is 7. The van der Waals surface area contributed by atoms with Crippen molar-refractivity contribution in [2.45, 2.75) is 4.90 Å². The van der Waals surface area contributed by atoms with Gasteiger partial charge in [-0.15, -0.1) is 0 Å². The molecule has 0 spiro atoms. The normalized spacial score (nSPS) is 11.1. The van der Waals surface area contributed by atoms with Gasteiger partial charge in [0.2, 0.25) is 0 Å². The molecule has 0 saturated carbocycles. The van der Waals surface area contributed by atoms with Crippen LogP contribution < -0.4 is 14.8 Å². The highest BCUT2D eigenvalue weighted by molar-refractivity contribution is 9.10. The third-order valence-electron chi connectivity index (χ3n) is 4.85. The first-order valence-corrected chi connectivity index (χ1v) is 13.3. The van der Waals surface area contributed by atoms with E-state index >= 15 is 0 Å². The number of hydrogen-bond acceptors (Lipinski definition) is 4. The maximum Gasteiger partial charge on any atom is 0.261 e. The van der Waals surface area contributed by atoms with Crippen molar-refractivity contribution < 1.29 is 22.3 Å². The minimum Gasteiger partial charge on any atom is -0.456 e. The number of sulfonamides is 1. The first-order valence-electron chi connectivity index (χ1n) is 10.2. The van der Waals surface area contributed by atoms with E-state index in [-0.39, 0.29) is 26.9 Å². The maximum atomic E-state index is 14.1. The predicted molar refractivity (Wildman–Crippen MR) is 142 cm³/mol. The fourth-order valence-corrected chi connectivity index (χ4v) is 4.91. The Hall–Kier alpha value is -3.11. The molecule has 0 fully saturated rings. The molecule has 184 valence electrons. The molecule has 11 heteroatoms. The molecule has 0 bridgehead atoms. The molecule has 0 aliphatic heterocycles. The van der Waals surface area contributed by atoms with Gasteiger partial charge in [-0.25, -0.2) is 12.8 Å². The molecule has 36 heavy (non-hydrogen) atoms. The zero-order valence-electron chi connectivity index (χ0n) is 18.1. The zero-order valence-corrected chi connectivity index (χ0v) is 22.1. The Kier molecular flexibility index (Phi) is 7.85. The summed E-state index contributed by atoms with van der Waals surface area (Å²) in [5.41, 5.74) is -0.218. The van der Waals surface area contributed by atoms with E-state index in [4.69, 9.17) is 27.9 Å². The van der Waals surface area contributed by atoms with Crippen LogP contribution in [0.1, 0.15) is 10.4 Å². The van der Waals surface area contributed by atoms with Gasteiger partial charge in [0.05, 0.1) is 26.9 Å². The average Bonchev–Trinajstić information content (AvgIpc) is 2.84. The zero-order chi connectivity index (χ0) is 25.9. The van der Waals surface area contributed by atoms with E-state index in [0.29, 0.717) is 21.0 Å². The summed E-state index contributed by atoms with van der Waals surface area (Å²) in [7, 11) is -4.10. The number of para-hydroxylation sites is 1. The Labute approximate surface area is 225 Å². The van der Waals surface area contributed by atoms with Crippen LogP contribution in [0, 0.1) is 5.82 Å². The predicted octanol–water partition coefficient (Wildman–Crippen LogP) is 7.74. The fraction of sp³-hybridized carbons (Fsp3) is 0. The van der Waals surface area contributed by atoms with Crippen LogP contribution in [0.5, 0.6) is 11.5 Å². The lowest BCUT2D eigenvalue weighted by Gasteiger charge is -2.14. The Morgan fingerprint density at radius 2 is 1.61 bits per heavy atom. The van der Waals surface area contributed by atoms with Crippen LogP contribution in [0.15, 0.2) is 94.3 Å². The molecule has 0 atom stereocenters.